The average molecular weight is 396 g/mol. The molecular weight excluding hydrogens is 376 g/mol. The molecule has 2 aromatic carbocycles. The van der Waals surface area contributed by atoms with Crippen LogP contribution in [0.5, 0.6) is 17.2 Å². The van der Waals surface area contributed by atoms with Gasteiger partial charge in [0.2, 0.25) is 12.7 Å². The summed E-state index contributed by atoms with van der Waals surface area (Å²) in [5.74, 6) is 0.975. The molecular formula is C21H20N2O6. The second kappa shape index (κ2) is 7.46. The lowest BCUT2D eigenvalue weighted by Gasteiger charge is -2.32. The van der Waals surface area contributed by atoms with E-state index in [1.54, 1.807) is 37.3 Å². The Kier molecular flexibility index (Phi) is 4.84. The van der Waals surface area contributed by atoms with Crippen molar-refractivity contribution < 1.29 is 28.6 Å². The Labute approximate surface area is 167 Å². The molecule has 0 saturated heterocycles. The number of fused-ring (bicyclic) bond motifs is 2. The molecule has 1 unspecified atom stereocenters. The van der Waals surface area contributed by atoms with E-state index in [0.29, 0.717) is 28.5 Å². The molecule has 29 heavy (non-hydrogen) atoms. The number of ketones is 1. The summed E-state index contributed by atoms with van der Waals surface area (Å²) in [5.41, 5.74) is 1.71. The smallest absolute Gasteiger partial charge is 0.268 e. The van der Waals surface area contributed by atoms with Crippen LogP contribution in [0, 0.1) is 0 Å². The van der Waals surface area contributed by atoms with E-state index in [1.807, 2.05) is 6.07 Å². The summed E-state index contributed by atoms with van der Waals surface area (Å²) in [5, 5.41) is 2.80. The summed E-state index contributed by atoms with van der Waals surface area (Å²) in [6.45, 7) is 3.36. The van der Waals surface area contributed by atoms with E-state index in [2.05, 4.69) is 5.32 Å². The number of carbonyl (C=O) groups excluding carboxylic acids is 3. The molecule has 2 aliphatic rings. The van der Waals surface area contributed by atoms with Gasteiger partial charge in [-0.2, -0.15) is 0 Å². The molecule has 0 radical (unpaired) electrons. The normalized spacial score (nSPS) is 16.8. The summed E-state index contributed by atoms with van der Waals surface area (Å²) in [6.07, 6.45) is -0.715. The monoisotopic (exact) mass is 396 g/mol. The van der Waals surface area contributed by atoms with Crippen LogP contribution in [0.3, 0.4) is 0 Å². The third-order valence-electron chi connectivity index (χ3n) is 4.80. The highest BCUT2D eigenvalue weighted by Gasteiger charge is 2.33. The standard InChI is InChI=1S/C21H20N2O6/c1-12(24)15-4-6-17-16(8-15)23(21(26)13(2)29-17)10-20(25)22-9-14-3-5-18-19(7-14)28-11-27-18/h3-8,13H,9-11H2,1-2H3,(H,22,25). The van der Waals surface area contributed by atoms with Crippen LogP contribution in [0.1, 0.15) is 29.8 Å². The second-order valence-corrected chi connectivity index (χ2v) is 6.89. The highest BCUT2D eigenvalue weighted by Crippen LogP contribution is 2.35. The predicted octanol–water partition coefficient (Wildman–Crippen LogP) is 2.05. The zero-order chi connectivity index (χ0) is 20.5. The largest absolute Gasteiger partial charge is 0.479 e. The second-order valence-electron chi connectivity index (χ2n) is 6.89. The molecule has 4 rings (SSSR count). The fourth-order valence-electron chi connectivity index (χ4n) is 3.24. The minimum Gasteiger partial charge on any atom is -0.479 e. The lowest BCUT2D eigenvalue weighted by molar-refractivity contribution is -0.128. The van der Waals surface area contributed by atoms with Gasteiger partial charge in [-0.15, -0.1) is 0 Å². The Morgan fingerprint density at radius 3 is 2.66 bits per heavy atom. The molecule has 0 spiro atoms. The predicted molar refractivity (Wildman–Crippen MR) is 103 cm³/mol. The summed E-state index contributed by atoms with van der Waals surface area (Å²) < 4.78 is 16.2. The van der Waals surface area contributed by atoms with Crippen molar-refractivity contribution in [3.05, 3.63) is 47.5 Å². The topological polar surface area (TPSA) is 94.2 Å². The number of rotatable bonds is 5. The molecule has 0 fully saturated rings. The summed E-state index contributed by atoms with van der Waals surface area (Å²) in [6, 6.07) is 10.3. The van der Waals surface area contributed by atoms with Gasteiger partial charge in [0.05, 0.1) is 5.69 Å². The zero-order valence-corrected chi connectivity index (χ0v) is 16.1. The third-order valence-corrected chi connectivity index (χ3v) is 4.80. The van der Waals surface area contributed by atoms with Crippen molar-refractivity contribution in [2.45, 2.75) is 26.5 Å². The average Bonchev–Trinajstić information content (AvgIpc) is 3.17. The van der Waals surface area contributed by atoms with Crippen LogP contribution in [0.4, 0.5) is 5.69 Å². The summed E-state index contributed by atoms with van der Waals surface area (Å²) in [4.78, 5) is 38.2. The van der Waals surface area contributed by atoms with Crippen molar-refractivity contribution in [1.82, 2.24) is 5.32 Å². The van der Waals surface area contributed by atoms with Gasteiger partial charge >= 0.3 is 0 Å². The van der Waals surface area contributed by atoms with Gasteiger partial charge in [0.25, 0.3) is 5.91 Å². The molecule has 0 aliphatic carbocycles. The Morgan fingerprint density at radius 1 is 1.10 bits per heavy atom. The van der Waals surface area contributed by atoms with Gasteiger partial charge < -0.3 is 19.5 Å². The minimum atomic E-state index is -0.715. The molecule has 0 saturated carbocycles. The van der Waals surface area contributed by atoms with Crippen molar-refractivity contribution in [2.75, 3.05) is 18.2 Å². The maximum atomic E-state index is 12.6. The van der Waals surface area contributed by atoms with Crippen molar-refractivity contribution in [2.24, 2.45) is 0 Å². The Bertz CT molecular complexity index is 1000. The molecule has 150 valence electrons. The van der Waals surface area contributed by atoms with E-state index in [0.717, 1.165) is 5.56 Å². The molecule has 0 aromatic heterocycles. The number of hydrogen-bond acceptors (Lipinski definition) is 6. The van der Waals surface area contributed by atoms with Crippen LogP contribution in [0.2, 0.25) is 0 Å². The first-order chi connectivity index (χ1) is 13.9. The van der Waals surface area contributed by atoms with Gasteiger partial charge in [-0.05, 0) is 49.7 Å². The van der Waals surface area contributed by atoms with Gasteiger partial charge in [-0.3, -0.25) is 19.3 Å². The van der Waals surface area contributed by atoms with Gasteiger partial charge in [0, 0.05) is 12.1 Å². The van der Waals surface area contributed by atoms with Gasteiger partial charge in [0.15, 0.2) is 23.4 Å². The maximum absolute atomic E-state index is 12.6. The number of benzene rings is 2. The molecule has 2 aliphatic heterocycles. The lowest BCUT2D eigenvalue weighted by Crippen LogP contribution is -2.48. The van der Waals surface area contributed by atoms with Crippen molar-refractivity contribution in [3.63, 3.8) is 0 Å². The van der Waals surface area contributed by atoms with Crippen LogP contribution in [-0.4, -0.2) is 37.0 Å². The molecule has 2 aromatic rings. The lowest BCUT2D eigenvalue weighted by atomic mass is 10.1. The maximum Gasteiger partial charge on any atom is 0.268 e. The SMILES string of the molecule is CC(=O)c1ccc2c(c1)N(CC(=O)NCc1ccc3c(c1)OCO3)C(=O)C(C)O2. The van der Waals surface area contributed by atoms with Crippen LogP contribution in [0.25, 0.3) is 0 Å². The Balaban J connectivity index is 1.48. The van der Waals surface area contributed by atoms with E-state index >= 15 is 0 Å². The molecule has 1 N–H and O–H groups in total. The highest BCUT2D eigenvalue weighted by atomic mass is 16.7. The number of nitrogens with one attached hydrogen (secondary N) is 1. The van der Waals surface area contributed by atoms with Crippen LogP contribution >= 0.6 is 0 Å². The van der Waals surface area contributed by atoms with Crippen molar-refractivity contribution in [3.8, 4) is 17.2 Å². The molecule has 2 heterocycles. The molecule has 2 amide bonds. The van der Waals surface area contributed by atoms with Crippen LogP contribution in [-0.2, 0) is 16.1 Å². The molecule has 8 nitrogen and oxygen atoms in total. The third kappa shape index (κ3) is 3.73. The first kappa shape index (κ1) is 18.8. The van der Waals surface area contributed by atoms with E-state index in [-0.39, 0.29) is 37.5 Å². The quantitative estimate of drug-likeness (QED) is 0.778. The Morgan fingerprint density at radius 2 is 1.86 bits per heavy atom. The van der Waals surface area contributed by atoms with Crippen molar-refractivity contribution in [1.29, 1.82) is 0 Å². The number of Topliss-reactive ketones (excluding diaryl/α,β-unsaturated/α-hetero) is 1. The van der Waals surface area contributed by atoms with Gasteiger partial charge in [-0.1, -0.05) is 6.07 Å². The number of hydrogen-bond donors (Lipinski definition) is 1. The number of ether oxygens (including phenoxy) is 3. The zero-order valence-electron chi connectivity index (χ0n) is 16.1. The fraction of sp³-hybridized carbons (Fsp3) is 0.286. The van der Waals surface area contributed by atoms with E-state index in [1.165, 1.54) is 11.8 Å². The number of carbonyl (C=O) groups is 3. The minimum absolute atomic E-state index is 0.133. The van der Waals surface area contributed by atoms with Crippen LogP contribution < -0.4 is 24.4 Å². The van der Waals surface area contributed by atoms with Gasteiger partial charge in [0.1, 0.15) is 12.3 Å². The van der Waals surface area contributed by atoms with E-state index < -0.39 is 6.10 Å². The Hall–Kier alpha value is -3.55. The molecule has 8 heteroatoms. The van der Waals surface area contributed by atoms with Crippen LogP contribution in [0.15, 0.2) is 36.4 Å². The number of nitrogens with zero attached hydrogens (tertiary/aromatic N) is 1. The molecule has 0 bridgehead atoms. The summed E-state index contributed by atoms with van der Waals surface area (Å²) >= 11 is 0. The number of amides is 2. The first-order valence-corrected chi connectivity index (χ1v) is 9.20. The molecule has 1 atom stereocenters. The first-order valence-electron chi connectivity index (χ1n) is 9.20. The fourth-order valence-corrected chi connectivity index (χ4v) is 3.24. The number of anilines is 1. The van der Waals surface area contributed by atoms with E-state index in [9.17, 15) is 14.4 Å². The van der Waals surface area contributed by atoms with E-state index in [4.69, 9.17) is 14.2 Å². The highest BCUT2D eigenvalue weighted by molar-refractivity contribution is 6.05. The van der Waals surface area contributed by atoms with Gasteiger partial charge in [-0.25, -0.2) is 0 Å². The van der Waals surface area contributed by atoms with Crippen molar-refractivity contribution >= 4 is 23.3 Å². The summed E-state index contributed by atoms with van der Waals surface area (Å²) in [7, 11) is 0.